The summed E-state index contributed by atoms with van der Waals surface area (Å²) in [5.74, 6) is 0. The topological polar surface area (TPSA) is 55.4 Å². The van der Waals surface area contributed by atoms with Crippen molar-refractivity contribution in [3.05, 3.63) is 35.4 Å². The number of benzene rings is 1. The normalized spacial score (nSPS) is 12.6. The van der Waals surface area contributed by atoms with Gasteiger partial charge in [0.1, 0.15) is 11.9 Å². The molecule has 1 rings (SSSR count). The lowest BCUT2D eigenvalue weighted by molar-refractivity contribution is -0.108. The first-order chi connectivity index (χ1) is 8.83. The Morgan fingerprint density at radius 2 is 2.00 bits per heavy atom. The van der Waals surface area contributed by atoms with Crippen LogP contribution in [0.5, 0.6) is 0 Å². The minimum atomic E-state index is -0.554. The van der Waals surface area contributed by atoms with Gasteiger partial charge in [0.05, 0.1) is 6.04 Å². The molecule has 0 aliphatic rings. The molecular weight excluding hydrogens is 242 g/mol. The molecular formula is C15H21NO3. The van der Waals surface area contributed by atoms with Gasteiger partial charge in [-0.05, 0) is 38.8 Å². The van der Waals surface area contributed by atoms with Gasteiger partial charge in [0, 0.05) is 6.42 Å². The lowest BCUT2D eigenvalue weighted by atomic mass is 9.99. The number of hydrogen-bond donors (Lipinski definition) is 1. The average molecular weight is 263 g/mol. The van der Waals surface area contributed by atoms with E-state index in [1.807, 2.05) is 31.2 Å². The Kier molecular flexibility index (Phi) is 5.10. The fourth-order valence-electron chi connectivity index (χ4n) is 1.79. The maximum absolute atomic E-state index is 11.8. The second-order valence-electron chi connectivity index (χ2n) is 5.46. The third-order valence-electron chi connectivity index (χ3n) is 2.59. The van der Waals surface area contributed by atoms with Crippen LogP contribution >= 0.6 is 0 Å². The molecule has 1 N–H and O–H groups in total. The summed E-state index contributed by atoms with van der Waals surface area (Å²) in [6.07, 6.45) is 0.515. The predicted molar refractivity (Wildman–Crippen MR) is 74.0 cm³/mol. The van der Waals surface area contributed by atoms with Crippen LogP contribution in [0.15, 0.2) is 24.3 Å². The molecule has 104 valence electrons. The maximum atomic E-state index is 11.8. The van der Waals surface area contributed by atoms with Gasteiger partial charge in [-0.1, -0.05) is 24.3 Å². The van der Waals surface area contributed by atoms with Crippen molar-refractivity contribution in [1.29, 1.82) is 0 Å². The Labute approximate surface area is 114 Å². The summed E-state index contributed by atoms with van der Waals surface area (Å²) in [6.45, 7) is 7.35. The Morgan fingerprint density at radius 1 is 1.37 bits per heavy atom. The van der Waals surface area contributed by atoms with Gasteiger partial charge in [0.25, 0.3) is 0 Å². The highest BCUT2D eigenvalue weighted by atomic mass is 16.6. The molecule has 0 aliphatic carbocycles. The fourth-order valence-corrected chi connectivity index (χ4v) is 1.79. The molecule has 0 unspecified atom stereocenters. The van der Waals surface area contributed by atoms with Crippen molar-refractivity contribution in [2.24, 2.45) is 0 Å². The number of carbonyl (C=O) groups excluding carboxylic acids is 2. The van der Waals surface area contributed by atoms with Crippen molar-refractivity contribution in [1.82, 2.24) is 5.32 Å². The van der Waals surface area contributed by atoms with E-state index >= 15 is 0 Å². The zero-order valence-electron chi connectivity index (χ0n) is 11.9. The zero-order chi connectivity index (χ0) is 14.5. The van der Waals surface area contributed by atoms with Crippen LogP contribution in [0.1, 0.15) is 44.4 Å². The Morgan fingerprint density at radius 3 is 2.53 bits per heavy atom. The van der Waals surface area contributed by atoms with Gasteiger partial charge >= 0.3 is 6.09 Å². The second-order valence-corrected chi connectivity index (χ2v) is 5.46. The van der Waals surface area contributed by atoms with Crippen molar-refractivity contribution < 1.29 is 14.3 Å². The molecule has 1 atom stereocenters. The fraction of sp³-hybridized carbons (Fsp3) is 0.467. The van der Waals surface area contributed by atoms with E-state index in [0.717, 1.165) is 17.4 Å². The van der Waals surface area contributed by atoms with Crippen molar-refractivity contribution in [2.45, 2.75) is 45.8 Å². The van der Waals surface area contributed by atoms with Crippen molar-refractivity contribution in [3.8, 4) is 0 Å². The summed E-state index contributed by atoms with van der Waals surface area (Å²) in [7, 11) is 0. The number of hydrogen-bond acceptors (Lipinski definition) is 3. The summed E-state index contributed by atoms with van der Waals surface area (Å²) < 4.78 is 5.21. The predicted octanol–water partition coefficient (Wildman–Crippen LogP) is 3.15. The summed E-state index contributed by atoms with van der Waals surface area (Å²) in [6, 6.07) is 7.31. The molecule has 0 saturated heterocycles. The smallest absolute Gasteiger partial charge is 0.408 e. The third kappa shape index (κ3) is 5.12. The van der Waals surface area contributed by atoms with Gasteiger partial charge in [-0.15, -0.1) is 0 Å². The van der Waals surface area contributed by atoms with E-state index < -0.39 is 11.7 Å². The average Bonchev–Trinajstić information content (AvgIpc) is 2.26. The van der Waals surface area contributed by atoms with E-state index in [9.17, 15) is 9.59 Å². The van der Waals surface area contributed by atoms with Crippen LogP contribution in [0.3, 0.4) is 0 Å². The van der Waals surface area contributed by atoms with Gasteiger partial charge in [-0.25, -0.2) is 4.79 Å². The molecule has 4 heteroatoms. The van der Waals surface area contributed by atoms with E-state index in [1.54, 1.807) is 20.8 Å². The molecule has 1 amide bonds. The largest absolute Gasteiger partial charge is 0.444 e. The quantitative estimate of drug-likeness (QED) is 0.849. The van der Waals surface area contributed by atoms with Crippen molar-refractivity contribution in [2.75, 3.05) is 0 Å². The maximum Gasteiger partial charge on any atom is 0.408 e. The van der Waals surface area contributed by atoms with Gasteiger partial charge < -0.3 is 14.8 Å². The molecule has 1 aromatic carbocycles. The SMILES string of the molecule is Cc1ccccc1[C@H](CC=O)NC(=O)OC(C)(C)C. The lowest BCUT2D eigenvalue weighted by Gasteiger charge is -2.23. The lowest BCUT2D eigenvalue weighted by Crippen LogP contribution is -2.35. The molecule has 0 heterocycles. The second kappa shape index (κ2) is 6.36. The monoisotopic (exact) mass is 263 g/mol. The van der Waals surface area contributed by atoms with Crippen LogP contribution in [0.4, 0.5) is 4.79 Å². The molecule has 0 spiro atoms. The highest BCUT2D eigenvalue weighted by molar-refractivity contribution is 5.69. The van der Waals surface area contributed by atoms with Gasteiger partial charge in [0.15, 0.2) is 0 Å². The Balaban J connectivity index is 2.82. The molecule has 0 radical (unpaired) electrons. The van der Waals surface area contributed by atoms with Crippen LogP contribution in [-0.2, 0) is 9.53 Å². The molecule has 19 heavy (non-hydrogen) atoms. The molecule has 4 nitrogen and oxygen atoms in total. The number of carbonyl (C=O) groups is 2. The molecule has 0 bridgehead atoms. The molecule has 1 aromatic rings. The number of aldehydes is 1. The van der Waals surface area contributed by atoms with Gasteiger partial charge in [-0.2, -0.15) is 0 Å². The summed E-state index contributed by atoms with van der Waals surface area (Å²) in [5, 5.41) is 2.74. The Bertz CT molecular complexity index is 449. The number of amides is 1. The van der Waals surface area contributed by atoms with Crippen LogP contribution in [0, 0.1) is 6.92 Å². The highest BCUT2D eigenvalue weighted by Gasteiger charge is 2.21. The summed E-state index contributed by atoms with van der Waals surface area (Å²) in [5.41, 5.74) is 1.41. The third-order valence-corrected chi connectivity index (χ3v) is 2.59. The van der Waals surface area contributed by atoms with E-state index in [1.165, 1.54) is 0 Å². The van der Waals surface area contributed by atoms with Crippen LogP contribution in [0.2, 0.25) is 0 Å². The highest BCUT2D eigenvalue weighted by Crippen LogP contribution is 2.20. The number of aryl methyl sites for hydroxylation is 1. The first kappa shape index (κ1) is 15.2. The molecule has 0 aromatic heterocycles. The first-order valence-corrected chi connectivity index (χ1v) is 6.32. The van der Waals surface area contributed by atoms with E-state index in [0.29, 0.717) is 0 Å². The number of rotatable bonds is 4. The van der Waals surface area contributed by atoms with Crippen molar-refractivity contribution in [3.63, 3.8) is 0 Å². The van der Waals surface area contributed by atoms with Crippen LogP contribution in [0.25, 0.3) is 0 Å². The van der Waals surface area contributed by atoms with Crippen LogP contribution in [-0.4, -0.2) is 18.0 Å². The number of ether oxygens (including phenoxy) is 1. The molecule has 0 aliphatic heterocycles. The minimum absolute atomic E-state index is 0.226. The van der Waals surface area contributed by atoms with Crippen LogP contribution < -0.4 is 5.32 Å². The number of alkyl carbamates (subject to hydrolysis) is 1. The standard InChI is InChI=1S/C15H21NO3/c1-11-7-5-6-8-12(11)13(9-10-17)16-14(18)19-15(2,3)4/h5-8,10,13H,9H2,1-4H3,(H,16,18)/t13-/m0/s1. The Hall–Kier alpha value is -1.84. The summed E-state index contributed by atoms with van der Waals surface area (Å²) in [4.78, 5) is 22.6. The van der Waals surface area contributed by atoms with E-state index in [4.69, 9.17) is 4.74 Å². The van der Waals surface area contributed by atoms with Crippen molar-refractivity contribution >= 4 is 12.4 Å². The van der Waals surface area contributed by atoms with E-state index in [2.05, 4.69) is 5.32 Å². The first-order valence-electron chi connectivity index (χ1n) is 6.32. The molecule has 0 fully saturated rings. The zero-order valence-corrected chi connectivity index (χ0v) is 11.9. The van der Waals surface area contributed by atoms with E-state index in [-0.39, 0.29) is 12.5 Å². The minimum Gasteiger partial charge on any atom is -0.444 e. The van der Waals surface area contributed by atoms with Gasteiger partial charge in [-0.3, -0.25) is 0 Å². The molecule has 0 saturated carbocycles. The van der Waals surface area contributed by atoms with Gasteiger partial charge in [0.2, 0.25) is 0 Å². The number of nitrogens with one attached hydrogen (secondary N) is 1. The summed E-state index contributed by atoms with van der Waals surface area (Å²) >= 11 is 0.